The number of halogens is 2. The second kappa shape index (κ2) is 6.84. The lowest BCUT2D eigenvalue weighted by molar-refractivity contribution is 0.560. The van der Waals surface area contributed by atoms with Crippen molar-refractivity contribution in [2.45, 2.75) is 25.8 Å². The molecule has 0 heterocycles. The number of benzene rings is 2. The maximum atomic E-state index is 14.0. The summed E-state index contributed by atoms with van der Waals surface area (Å²) in [6.45, 7) is 2.14. The first kappa shape index (κ1) is 15.0. The molecule has 2 rings (SSSR count). The number of hydrogen-bond acceptors (Lipinski definition) is 2. The van der Waals surface area contributed by atoms with Crippen molar-refractivity contribution < 1.29 is 4.39 Å². The molecule has 0 saturated heterocycles. The molecule has 0 fully saturated rings. The molecule has 2 nitrogen and oxygen atoms in total. The van der Waals surface area contributed by atoms with Crippen LogP contribution in [0.2, 0.25) is 5.02 Å². The van der Waals surface area contributed by atoms with Gasteiger partial charge in [0.05, 0.1) is 6.04 Å². The Morgan fingerprint density at radius 3 is 2.45 bits per heavy atom. The largest absolute Gasteiger partial charge is 0.271 e. The molecule has 0 saturated carbocycles. The third kappa shape index (κ3) is 3.37. The van der Waals surface area contributed by atoms with Crippen molar-refractivity contribution in [2.75, 3.05) is 0 Å². The summed E-state index contributed by atoms with van der Waals surface area (Å²) < 4.78 is 14.0. The molecule has 0 aromatic heterocycles. The van der Waals surface area contributed by atoms with E-state index in [0.29, 0.717) is 10.6 Å². The second-order valence-electron chi connectivity index (χ2n) is 4.76. The summed E-state index contributed by atoms with van der Waals surface area (Å²) in [6.07, 6.45) is 2.14. The summed E-state index contributed by atoms with van der Waals surface area (Å²) >= 11 is 5.77. The molecule has 106 valence electrons. The maximum Gasteiger partial charge on any atom is 0.129 e. The van der Waals surface area contributed by atoms with Gasteiger partial charge in [-0.3, -0.25) is 5.84 Å². The van der Waals surface area contributed by atoms with Crippen LogP contribution in [0.5, 0.6) is 0 Å². The Hall–Kier alpha value is -1.42. The molecule has 0 spiro atoms. The van der Waals surface area contributed by atoms with Crippen molar-refractivity contribution >= 4 is 11.6 Å². The highest BCUT2D eigenvalue weighted by atomic mass is 35.5. The Balaban J connectivity index is 2.31. The van der Waals surface area contributed by atoms with Crippen LogP contribution in [0, 0.1) is 5.82 Å². The Bertz CT molecular complexity index is 569. The van der Waals surface area contributed by atoms with Crippen LogP contribution in [0.3, 0.4) is 0 Å². The number of aryl methyl sites for hydroxylation is 1. The molecule has 2 aromatic carbocycles. The van der Waals surface area contributed by atoms with Crippen molar-refractivity contribution in [3.8, 4) is 0 Å². The third-order valence-electron chi connectivity index (χ3n) is 3.29. The zero-order valence-corrected chi connectivity index (χ0v) is 12.1. The van der Waals surface area contributed by atoms with Crippen LogP contribution in [-0.4, -0.2) is 0 Å². The topological polar surface area (TPSA) is 38.0 Å². The molecule has 0 radical (unpaired) electrons. The van der Waals surface area contributed by atoms with Crippen molar-refractivity contribution in [3.05, 3.63) is 70.0 Å². The van der Waals surface area contributed by atoms with Crippen LogP contribution in [0.25, 0.3) is 0 Å². The monoisotopic (exact) mass is 292 g/mol. The Labute approximate surface area is 123 Å². The minimum absolute atomic E-state index is 0.363. The van der Waals surface area contributed by atoms with Crippen molar-refractivity contribution in [1.82, 2.24) is 5.43 Å². The number of nitrogens with two attached hydrogens (primary N) is 1. The molecule has 0 aliphatic rings. The summed E-state index contributed by atoms with van der Waals surface area (Å²) in [4.78, 5) is 0. The molecular weight excluding hydrogens is 275 g/mol. The fraction of sp³-hybridized carbons (Fsp3) is 0.250. The van der Waals surface area contributed by atoms with Gasteiger partial charge in [-0.25, -0.2) is 9.82 Å². The molecule has 20 heavy (non-hydrogen) atoms. The van der Waals surface area contributed by atoms with E-state index in [1.165, 1.54) is 11.6 Å². The zero-order valence-electron chi connectivity index (χ0n) is 11.4. The highest BCUT2D eigenvalue weighted by molar-refractivity contribution is 6.30. The SMILES string of the molecule is CCCc1ccc(C(NN)c2ccc(Cl)cc2F)cc1. The quantitative estimate of drug-likeness (QED) is 0.646. The summed E-state index contributed by atoms with van der Waals surface area (Å²) in [5.41, 5.74) is 5.34. The van der Waals surface area contributed by atoms with Gasteiger partial charge in [0.15, 0.2) is 0 Å². The lowest BCUT2D eigenvalue weighted by atomic mass is 9.97. The van der Waals surface area contributed by atoms with E-state index in [-0.39, 0.29) is 11.9 Å². The zero-order chi connectivity index (χ0) is 14.5. The predicted molar refractivity (Wildman–Crippen MR) is 81.0 cm³/mol. The van der Waals surface area contributed by atoms with Crippen molar-refractivity contribution in [2.24, 2.45) is 5.84 Å². The fourth-order valence-electron chi connectivity index (χ4n) is 2.27. The molecule has 1 unspecified atom stereocenters. The maximum absolute atomic E-state index is 14.0. The first-order valence-electron chi connectivity index (χ1n) is 6.65. The van der Waals surface area contributed by atoms with Gasteiger partial charge in [-0.1, -0.05) is 55.3 Å². The average Bonchev–Trinajstić information content (AvgIpc) is 2.44. The third-order valence-corrected chi connectivity index (χ3v) is 3.53. The van der Waals surface area contributed by atoms with E-state index in [4.69, 9.17) is 17.4 Å². The van der Waals surface area contributed by atoms with E-state index in [1.54, 1.807) is 12.1 Å². The van der Waals surface area contributed by atoms with Crippen LogP contribution in [0.1, 0.15) is 36.1 Å². The van der Waals surface area contributed by atoms with E-state index < -0.39 is 0 Å². The molecular formula is C16H18ClFN2. The molecule has 0 amide bonds. The molecule has 3 N–H and O–H groups in total. The smallest absolute Gasteiger partial charge is 0.129 e. The number of hydrogen-bond donors (Lipinski definition) is 2. The van der Waals surface area contributed by atoms with Crippen LogP contribution in [0.4, 0.5) is 4.39 Å². The van der Waals surface area contributed by atoms with Gasteiger partial charge in [0.2, 0.25) is 0 Å². The predicted octanol–water partition coefficient (Wildman–Crippen LogP) is 3.98. The Morgan fingerprint density at radius 1 is 1.20 bits per heavy atom. The van der Waals surface area contributed by atoms with Crippen LogP contribution >= 0.6 is 11.6 Å². The summed E-state index contributed by atoms with van der Waals surface area (Å²) in [5, 5.41) is 0.375. The van der Waals surface area contributed by atoms with E-state index in [9.17, 15) is 4.39 Å². The first-order chi connectivity index (χ1) is 9.65. The molecule has 0 bridgehead atoms. The molecule has 0 aliphatic heterocycles. The van der Waals surface area contributed by atoms with Gasteiger partial charge in [-0.15, -0.1) is 0 Å². The van der Waals surface area contributed by atoms with Crippen LogP contribution in [0.15, 0.2) is 42.5 Å². The van der Waals surface area contributed by atoms with Crippen LogP contribution < -0.4 is 11.3 Å². The Kier molecular flexibility index (Phi) is 5.12. The van der Waals surface area contributed by atoms with E-state index in [0.717, 1.165) is 18.4 Å². The lowest BCUT2D eigenvalue weighted by Crippen LogP contribution is -2.29. The van der Waals surface area contributed by atoms with E-state index in [1.807, 2.05) is 12.1 Å². The average molecular weight is 293 g/mol. The second-order valence-corrected chi connectivity index (χ2v) is 5.19. The summed E-state index contributed by atoms with van der Waals surface area (Å²) in [5.74, 6) is 5.23. The number of nitrogens with one attached hydrogen (secondary N) is 1. The molecule has 0 aliphatic carbocycles. The molecule has 2 aromatic rings. The van der Waals surface area contributed by atoms with Crippen molar-refractivity contribution in [3.63, 3.8) is 0 Å². The standard InChI is InChI=1S/C16H18ClFN2/c1-2-3-11-4-6-12(7-5-11)16(20-19)14-9-8-13(17)10-15(14)18/h4-10,16,20H,2-3,19H2,1H3. The normalized spacial score (nSPS) is 12.4. The highest BCUT2D eigenvalue weighted by Crippen LogP contribution is 2.26. The van der Waals surface area contributed by atoms with Gasteiger partial charge in [0, 0.05) is 10.6 Å². The highest BCUT2D eigenvalue weighted by Gasteiger charge is 2.16. The fourth-order valence-corrected chi connectivity index (χ4v) is 2.43. The van der Waals surface area contributed by atoms with Gasteiger partial charge in [-0.2, -0.15) is 0 Å². The minimum atomic E-state index is -0.386. The molecule has 1 atom stereocenters. The van der Waals surface area contributed by atoms with E-state index in [2.05, 4.69) is 24.5 Å². The Morgan fingerprint density at radius 2 is 1.90 bits per heavy atom. The number of rotatable bonds is 5. The first-order valence-corrected chi connectivity index (χ1v) is 7.03. The summed E-state index contributed by atoms with van der Waals surface area (Å²) in [6, 6.07) is 12.3. The van der Waals surface area contributed by atoms with E-state index >= 15 is 0 Å². The summed E-state index contributed by atoms with van der Waals surface area (Å²) in [7, 11) is 0. The van der Waals surface area contributed by atoms with Crippen molar-refractivity contribution in [1.29, 1.82) is 0 Å². The van der Waals surface area contributed by atoms with Gasteiger partial charge in [0.1, 0.15) is 5.82 Å². The molecule has 4 heteroatoms. The lowest BCUT2D eigenvalue weighted by Gasteiger charge is -2.18. The van der Waals surface area contributed by atoms with Gasteiger partial charge in [-0.05, 0) is 29.7 Å². The van der Waals surface area contributed by atoms with Gasteiger partial charge in [0.25, 0.3) is 0 Å². The van der Waals surface area contributed by atoms with Crippen LogP contribution in [-0.2, 0) is 6.42 Å². The van der Waals surface area contributed by atoms with Gasteiger partial charge < -0.3 is 0 Å². The number of hydrazine groups is 1. The van der Waals surface area contributed by atoms with Gasteiger partial charge >= 0.3 is 0 Å². The minimum Gasteiger partial charge on any atom is -0.271 e.